The molecule has 1 aromatic carbocycles. The quantitative estimate of drug-likeness (QED) is 0.841. The summed E-state index contributed by atoms with van der Waals surface area (Å²) in [4.78, 5) is 25.5. The zero-order chi connectivity index (χ0) is 18.1. The van der Waals surface area contributed by atoms with Crippen molar-refractivity contribution < 1.29 is 19.4 Å². The molecule has 1 N–H and O–H groups in total. The first-order valence-electron chi connectivity index (χ1n) is 8.02. The van der Waals surface area contributed by atoms with Crippen LogP contribution >= 0.6 is 0 Å². The van der Waals surface area contributed by atoms with Crippen LogP contribution in [0.1, 0.15) is 46.1 Å². The Kier molecular flexibility index (Phi) is 5.09. The molecular formula is C20H24O4. The second kappa shape index (κ2) is 6.73. The Bertz CT molecular complexity index is 728. The van der Waals surface area contributed by atoms with Gasteiger partial charge in [-0.3, -0.25) is 9.59 Å². The van der Waals surface area contributed by atoms with E-state index in [1.165, 1.54) is 0 Å². The monoisotopic (exact) mass is 328 g/mol. The Morgan fingerprint density at radius 3 is 2.04 bits per heavy atom. The third-order valence-corrected chi connectivity index (χ3v) is 4.41. The van der Waals surface area contributed by atoms with Crippen molar-refractivity contribution in [2.75, 3.05) is 7.11 Å². The van der Waals surface area contributed by atoms with Crippen LogP contribution in [0.5, 0.6) is 5.75 Å². The molecule has 0 saturated carbocycles. The Balaban J connectivity index is 2.54. The Morgan fingerprint density at radius 2 is 1.54 bits per heavy atom. The molecule has 0 aromatic heterocycles. The van der Waals surface area contributed by atoms with E-state index in [0.29, 0.717) is 46.4 Å². The molecule has 0 heterocycles. The minimum atomic E-state index is -0.897. The maximum absolute atomic E-state index is 12.8. The van der Waals surface area contributed by atoms with E-state index in [9.17, 15) is 14.7 Å². The zero-order valence-corrected chi connectivity index (χ0v) is 14.9. The molecule has 0 unspecified atom stereocenters. The van der Waals surface area contributed by atoms with Gasteiger partial charge < -0.3 is 9.84 Å². The maximum Gasteiger partial charge on any atom is 0.190 e. The van der Waals surface area contributed by atoms with Gasteiger partial charge in [-0.05, 0) is 58.2 Å². The van der Waals surface area contributed by atoms with Crippen molar-refractivity contribution >= 4 is 17.1 Å². The van der Waals surface area contributed by atoms with Gasteiger partial charge in [-0.15, -0.1) is 0 Å². The Morgan fingerprint density at radius 1 is 1.00 bits per heavy atom. The number of methoxy groups -OCH3 is 1. The summed E-state index contributed by atoms with van der Waals surface area (Å²) < 4.78 is 5.15. The lowest BCUT2D eigenvalue weighted by Crippen LogP contribution is -2.24. The van der Waals surface area contributed by atoms with Crippen molar-refractivity contribution in [3.05, 3.63) is 46.5 Å². The molecule has 4 heteroatoms. The molecule has 0 atom stereocenters. The molecular weight excluding hydrogens is 304 g/mol. The van der Waals surface area contributed by atoms with Crippen molar-refractivity contribution in [3.8, 4) is 5.75 Å². The van der Waals surface area contributed by atoms with Crippen molar-refractivity contribution in [2.45, 2.75) is 46.1 Å². The average molecular weight is 328 g/mol. The van der Waals surface area contributed by atoms with Crippen LogP contribution in [-0.2, 0) is 9.59 Å². The summed E-state index contributed by atoms with van der Waals surface area (Å²) in [5.41, 5.74) is 1.70. The first-order valence-corrected chi connectivity index (χ1v) is 8.02. The van der Waals surface area contributed by atoms with Crippen molar-refractivity contribution in [1.82, 2.24) is 0 Å². The van der Waals surface area contributed by atoms with E-state index >= 15 is 0 Å². The molecule has 4 nitrogen and oxygen atoms in total. The molecule has 0 spiro atoms. The molecule has 1 aliphatic rings. The SMILES string of the molecule is COc1ccc(C2=C(CCC(C)(C)O)C(=O)C(C)=C(C)C2=O)cc1. The van der Waals surface area contributed by atoms with Gasteiger partial charge in [0.25, 0.3) is 0 Å². The molecule has 1 aliphatic carbocycles. The van der Waals surface area contributed by atoms with Gasteiger partial charge in [-0.2, -0.15) is 0 Å². The highest BCUT2D eigenvalue weighted by Crippen LogP contribution is 2.35. The lowest BCUT2D eigenvalue weighted by atomic mass is 9.79. The number of hydrogen-bond donors (Lipinski definition) is 1. The zero-order valence-electron chi connectivity index (χ0n) is 14.9. The fourth-order valence-corrected chi connectivity index (χ4v) is 2.74. The first kappa shape index (κ1) is 18.1. The van der Waals surface area contributed by atoms with Crippen LogP contribution < -0.4 is 4.74 Å². The number of carbonyl (C=O) groups excluding carboxylic acids is 2. The summed E-state index contributed by atoms with van der Waals surface area (Å²) in [7, 11) is 1.58. The van der Waals surface area contributed by atoms with Gasteiger partial charge in [-0.25, -0.2) is 0 Å². The fraction of sp³-hybridized carbons (Fsp3) is 0.400. The average Bonchev–Trinajstić information content (AvgIpc) is 2.54. The third kappa shape index (κ3) is 3.65. The molecule has 128 valence electrons. The molecule has 0 radical (unpaired) electrons. The highest BCUT2D eigenvalue weighted by Gasteiger charge is 2.31. The smallest absolute Gasteiger partial charge is 0.190 e. The first-order chi connectivity index (χ1) is 11.2. The second-order valence-corrected chi connectivity index (χ2v) is 6.80. The topological polar surface area (TPSA) is 63.6 Å². The third-order valence-electron chi connectivity index (χ3n) is 4.41. The van der Waals surface area contributed by atoms with Gasteiger partial charge in [0.05, 0.1) is 12.7 Å². The number of aliphatic hydroxyl groups is 1. The van der Waals surface area contributed by atoms with Crippen LogP contribution in [0.3, 0.4) is 0 Å². The molecule has 0 saturated heterocycles. The van der Waals surface area contributed by atoms with E-state index in [-0.39, 0.29) is 11.6 Å². The highest BCUT2D eigenvalue weighted by atomic mass is 16.5. The number of rotatable bonds is 5. The standard InChI is InChI=1S/C20H24O4/c1-12-13(2)19(22)17(14-6-8-15(24-5)9-7-14)16(18(12)21)10-11-20(3,4)23/h6-9,23H,10-11H2,1-5H3. The van der Waals surface area contributed by atoms with E-state index in [1.54, 1.807) is 59.1 Å². The normalized spacial score (nSPS) is 16.1. The lowest BCUT2D eigenvalue weighted by molar-refractivity contribution is -0.115. The van der Waals surface area contributed by atoms with Crippen LogP contribution in [0.4, 0.5) is 0 Å². The maximum atomic E-state index is 12.8. The predicted octanol–water partition coefficient (Wildman–Crippen LogP) is 3.49. The van der Waals surface area contributed by atoms with Gasteiger partial charge in [0.1, 0.15) is 5.75 Å². The lowest BCUT2D eigenvalue weighted by Gasteiger charge is -2.24. The van der Waals surface area contributed by atoms with Crippen LogP contribution in [0.2, 0.25) is 0 Å². The summed E-state index contributed by atoms with van der Waals surface area (Å²) >= 11 is 0. The largest absolute Gasteiger partial charge is 0.497 e. The number of carbonyl (C=O) groups is 2. The van der Waals surface area contributed by atoms with Gasteiger partial charge in [0.2, 0.25) is 0 Å². The number of allylic oxidation sites excluding steroid dienone is 4. The molecule has 0 amide bonds. The van der Waals surface area contributed by atoms with Gasteiger partial charge >= 0.3 is 0 Å². The molecule has 2 rings (SSSR count). The van der Waals surface area contributed by atoms with Crippen LogP contribution in [-0.4, -0.2) is 29.4 Å². The predicted molar refractivity (Wildman–Crippen MR) is 93.8 cm³/mol. The van der Waals surface area contributed by atoms with E-state index in [4.69, 9.17) is 4.74 Å². The van der Waals surface area contributed by atoms with Gasteiger partial charge in [0.15, 0.2) is 11.6 Å². The molecule has 0 bridgehead atoms. The minimum absolute atomic E-state index is 0.109. The Hall–Kier alpha value is -2.20. The van der Waals surface area contributed by atoms with E-state index in [0.717, 1.165) is 0 Å². The molecule has 1 aromatic rings. The summed E-state index contributed by atoms with van der Waals surface area (Å²) in [6.45, 7) is 6.77. The fourth-order valence-electron chi connectivity index (χ4n) is 2.74. The molecule has 0 aliphatic heterocycles. The second-order valence-electron chi connectivity index (χ2n) is 6.80. The van der Waals surface area contributed by atoms with E-state index in [1.807, 2.05) is 0 Å². The Labute approximate surface area is 142 Å². The summed E-state index contributed by atoms with van der Waals surface area (Å²) in [6, 6.07) is 7.12. The number of hydrogen-bond acceptors (Lipinski definition) is 4. The van der Waals surface area contributed by atoms with Gasteiger partial charge in [-0.1, -0.05) is 12.1 Å². The minimum Gasteiger partial charge on any atom is -0.497 e. The molecule has 0 fully saturated rings. The summed E-state index contributed by atoms with van der Waals surface area (Å²) in [6.07, 6.45) is 0.771. The van der Waals surface area contributed by atoms with Crippen molar-refractivity contribution in [3.63, 3.8) is 0 Å². The van der Waals surface area contributed by atoms with E-state index < -0.39 is 5.60 Å². The summed E-state index contributed by atoms with van der Waals surface area (Å²) in [5.74, 6) is 0.459. The van der Waals surface area contributed by atoms with Crippen molar-refractivity contribution in [1.29, 1.82) is 0 Å². The number of benzene rings is 1. The van der Waals surface area contributed by atoms with Crippen molar-refractivity contribution in [2.24, 2.45) is 0 Å². The van der Waals surface area contributed by atoms with Crippen LogP contribution in [0.15, 0.2) is 41.0 Å². The number of Topliss-reactive ketones (excluding diaryl/α,β-unsaturated/α-hetero) is 2. The van der Waals surface area contributed by atoms with E-state index in [2.05, 4.69) is 0 Å². The van der Waals surface area contributed by atoms with Crippen LogP contribution in [0.25, 0.3) is 5.57 Å². The van der Waals surface area contributed by atoms with Crippen LogP contribution in [0, 0.1) is 0 Å². The molecule has 24 heavy (non-hydrogen) atoms. The highest BCUT2D eigenvalue weighted by molar-refractivity contribution is 6.39. The summed E-state index contributed by atoms with van der Waals surface area (Å²) in [5, 5.41) is 10.00. The number of ether oxygens (including phenoxy) is 1. The van der Waals surface area contributed by atoms with Gasteiger partial charge in [0, 0.05) is 22.3 Å². The number of ketones is 2.